The molecule has 18 unspecified atom stereocenters. The Morgan fingerprint density at radius 3 is 1.06 bits per heavy atom. The third-order valence-corrected chi connectivity index (χ3v) is 23.3. The number of phosphoric acid groups is 1. The van der Waals surface area contributed by atoms with Crippen molar-refractivity contribution in [3.63, 3.8) is 0 Å². The van der Waals surface area contributed by atoms with E-state index in [9.17, 15) is 74.6 Å². The standard InChI is InChI=1S/C87H161O25P/c1-5-9-13-17-21-25-29-33-34-38-42-46-50-54-58-62-73(92)109-82-78(97)79(98)83(110-86-80(99)76(95)74(93)68(63-88)107-86)85(84(82)111-87-81(100)77(96)75(94)69(108-87)66-104-71(90)60-56-52-48-44-40-36-31-27-23-19-15-11-7-3)112-113(101,102)105-65-67(106-72(91)61-57-53-49-45-41-37-32-28-24-20-16-12-8-4)64-103-70(89)59-55-51-47-43-39-35-30-26-22-18-14-10-6-2/h35,39,67-69,74-88,93-100H,5-34,36-38,40-66H2,1-4H3,(H,101,102)/b39-35-. The van der Waals surface area contributed by atoms with Gasteiger partial charge in [-0.25, -0.2) is 4.57 Å². The van der Waals surface area contributed by atoms with E-state index in [0.29, 0.717) is 32.1 Å². The van der Waals surface area contributed by atoms with Gasteiger partial charge in [0.15, 0.2) is 24.8 Å². The molecular formula is C87H161O25P. The molecule has 0 amide bonds. The summed E-state index contributed by atoms with van der Waals surface area (Å²) in [5, 5.41) is 102. The summed E-state index contributed by atoms with van der Waals surface area (Å²) < 4.78 is 73.3. The van der Waals surface area contributed by atoms with Crippen LogP contribution in [0.3, 0.4) is 0 Å². The van der Waals surface area contributed by atoms with Crippen LogP contribution in [0.15, 0.2) is 12.2 Å². The number of carbonyl (C=O) groups excluding carboxylic acids is 4. The van der Waals surface area contributed by atoms with Crippen LogP contribution in [0.5, 0.6) is 0 Å². The molecule has 113 heavy (non-hydrogen) atoms. The lowest BCUT2D eigenvalue weighted by atomic mass is 9.84. The van der Waals surface area contributed by atoms with Crippen LogP contribution in [0, 0.1) is 0 Å². The minimum absolute atomic E-state index is 0.0166. The van der Waals surface area contributed by atoms with Gasteiger partial charge in [0.25, 0.3) is 0 Å². The Morgan fingerprint density at radius 1 is 0.345 bits per heavy atom. The van der Waals surface area contributed by atoms with Crippen molar-refractivity contribution in [1.29, 1.82) is 0 Å². The summed E-state index contributed by atoms with van der Waals surface area (Å²) in [5.41, 5.74) is 0. The van der Waals surface area contributed by atoms with E-state index in [2.05, 4.69) is 39.8 Å². The van der Waals surface area contributed by atoms with E-state index < -0.39 is 162 Å². The fourth-order valence-corrected chi connectivity index (χ4v) is 16.0. The Hall–Kier alpha value is -2.79. The van der Waals surface area contributed by atoms with Gasteiger partial charge in [-0.15, -0.1) is 0 Å². The Balaban J connectivity index is 1.93. The van der Waals surface area contributed by atoms with Crippen molar-refractivity contribution in [1.82, 2.24) is 0 Å². The topological polar surface area (TPSA) is 380 Å². The molecule has 1 saturated carbocycles. The number of ether oxygens (including phenoxy) is 8. The van der Waals surface area contributed by atoms with E-state index in [1.54, 1.807) is 0 Å². The number of carbonyl (C=O) groups is 4. The SMILES string of the molecule is CCCCCCCC/C=C\CCCCCC(=O)OCC(COP(=O)(O)OC1C(OC2OC(CO)C(O)C(O)C2O)C(O)C(O)C(OC(=O)CCCCCCCCCCCCCCCCC)C1OC1OC(COC(=O)CCCCCCCCCCCCCCC)C(O)C(O)C1O)OC(=O)CCCCCCCCCCCCCCC. The molecule has 18 atom stereocenters. The zero-order chi connectivity index (χ0) is 82.5. The van der Waals surface area contributed by atoms with Crippen molar-refractivity contribution in [2.45, 2.75) is 491 Å². The molecule has 0 aromatic carbocycles. The largest absolute Gasteiger partial charge is 0.472 e. The lowest BCUT2D eigenvalue weighted by Crippen LogP contribution is -2.70. The van der Waals surface area contributed by atoms with Gasteiger partial charge in [0.05, 0.1) is 13.2 Å². The zero-order valence-corrected chi connectivity index (χ0v) is 71.3. The van der Waals surface area contributed by atoms with Gasteiger partial charge in [0, 0.05) is 25.7 Å². The molecule has 25 nitrogen and oxygen atoms in total. The molecule has 2 aliphatic heterocycles. The molecule has 0 spiro atoms. The van der Waals surface area contributed by atoms with Crippen LogP contribution in [-0.2, 0) is 70.7 Å². The highest BCUT2D eigenvalue weighted by Crippen LogP contribution is 2.49. The maximum atomic E-state index is 14.9. The number of aliphatic hydroxyl groups excluding tert-OH is 9. The van der Waals surface area contributed by atoms with Gasteiger partial charge in [-0.1, -0.05) is 322 Å². The number of allylic oxidation sites excluding steroid dienone is 2. The highest BCUT2D eigenvalue weighted by molar-refractivity contribution is 7.47. The van der Waals surface area contributed by atoms with Crippen LogP contribution in [0.25, 0.3) is 0 Å². The predicted octanol–water partition coefficient (Wildman–Crippen LogP) is 16.0. The number of unbranched alkanes of at least 4 members (excludes halogenated alkanes) is 47. The molecule has 0 radical (unpaired) electrons. The minimum Gasteiger partial charge on any atom is -0.463 e. The summed E-state index contributed by atoms with van der Waals surface area (Å²) in [6, 6.07) is 0. The Morgan fingerprint density at radius 2 is 0.664 bits per heavy atom. The first-order chi connectivity index (χ1) is 54.7. The first kappa shape index (κ1) is 104. The predicted molar refractivity (Wildman–Crippen MR) is 435 cm³/mol. The number of esters is 4. The van der Waals surface area contributed by atoms with Crippen molar-refractivity contribution in [2.24, 2.45) is 0 Å². The molecule has 664 valence electrons. The zero-order valence-electron chi connectivity index (χ0n) is 70.4. The van der Waals surface area contributed by atoms with Gasteiger partial charge in [0.2, 0.25) is 0 Å². The molecule has 3 fully saturated rings. The Bertz CT molecular complexity index is 2410. The molecule has 0 bridgehead atoms. The monoisotopic (exact) mass is 1640 g/mol. The molecule has 26 heteroatoms. The summed E-state index contributed by atoms with van der Waals surface area (Å²) in [7, 11) is -5.80. The molecule has 3 rings (SSSR count). The summed E-state index contributed by atoms with van der Waals surface area (Å²) >= 11 is 0. The second-order valence-corrected chi connectivity index (χ2v) is 33.9. The van der Waals surface area contributed by atoms with E-state index in [1.807, 2.05) is 0 Å². The molecule has 2 saturated heterocycles. The van der Waals surface area contributed by atoms with E-state index in [-0.39, 0.29) is 25.7 Å². The van der Waals surface area contributed by atoms with Crippen molar-refractivity contribution >= 4 is 31.7 Å². The summed E-state index contributed by atoms with van der Waals surface area (Å²) in [6.07, 6.45) is 23.7. The highest BCUT2D eigenvalue weighted by Gasteiger charge is 2.60. The lowest BCUT2D eigenvalue weighted by molar-refractivity contribution is -0.360. The maximum absolute atomic E-state index is 14.9. The van der Waals surface area contributed by atoms with E-state index in [4.69, 9.17) is 46.9 Å². The molecule has 10 N–H and O–H groups in total. The van der Waals surface area contributed by atoms with Gasteiger partial charge < -0.3 is 88.7 Å². The van der Waals surface area contributed by atoms with Gasteiger partial charge >= 0.3 is 31.7 Å². The van der Waals surface area contributed by atoms with Crippen molar-refractivity contribution in [3.05, 3.63) is 12.2 Å². The summed E-state index contributed by atoms with van der Waals surface area (Å²) in [4.78, 5) is 66.3. The van der Waals surface area contributed by atoms with Gasteiger partial charge in [-0.05, 0) is 51.4 Å². The van der Waals surface area contributed by atoms with Crippen molar-refractivity contribution in [3.8, 4) is 0 Å². The minimum atomic E-state index is -5.80. The van der Waals surface area contributed by atoms with Crippen LogP contribution >= 0.6 is 7.82 Å². The first-order valence-corrected chi connectivity index (χ1v) is 46.9. The quantitative estimate of drug-likeness (QED) is 0.00889. The van der Waals surface area contributed by atoms with Crippen LogP contribution in [-0.4, -0.2) is 205 Å². The number of hydrogen-bond acceptors (Lipinski definition) is 24. The van der Waals surface area contributed by atoms with E-state index in [0.717, 1.165) is 128 Å². The van der Waals surface area contributed by atoms with Gasteiger partial charge in [0.1, 0.15) is 92.6 Å². The second-order valence-electron chi connectivity index (χ2n) is 32.5. The molecule has 3 aliphatic rings. The average molecular weight is 1640 g/mol. The molecular weight excluding hydrogens is 1480 g/mol. The van der Waals surface area contributed by atoms with Crippen molar-refractivity contribution < 1.29 is 122 Å². The van der Waals surface area contributed by atoms with E-state index in [1.165, 1.54) is 173 Å². The Kier molecular flexibility index (Phi) is 61.8. The summed E-state index contributed by atoms with van der Waals surface area (Å²) in [5.74, 6) is -2.97. The maximum Gasteiger partial charge on any atom is 0.472 e. The number of aliphatic hydroxyl groups is 9. The van der Waals surface area contributed by atoms with Crippen LogP contribution in [0.2, 0.25) is 0 Å². The first-order valence-electron chi connectivity index (χ1n) is 45.4. The highest BCUT2D eigenvalue weighted by atomic mass is 31.2. The normalized spacial score (nSPS) is 25.5. The van der Waals surface area contributed by atoms with Crippen molar-refractivity contribution in [2.75, 3.05) is 26.4 Å². The van der Waals surface area contributed by atoms with Crippen LogP contribution in [0.4, 0.5) is 0 Å². The fourth-order valence-electron chi connectivity index (χ4n) is 15.0. The Labute approximate surface area is 680 Å². The van der Waals surface area contributed by atoms with Crippen LogP contribution in [0.1, 0.15) is 387 Å². The third-order valence-electron chi connectivity index (χ3n) is 22.3. The number of rotatable bonds is 73. The van der Waals surface area contributed by atoms with Gasteiger partial charge in [-0.3, -0.25) is 28.2 Å². The second kappa shape index (κ2) is 66.9. The number of hydrogen-bond donors (Lipinski definition) is 10. The smallest absolute Gasteiger partial charge is 0.463 e. The average Bonchev–Trinajstić information content (AvgIpc) is 0.754. The van der Waals surface area contributed by atoms with Crippen LogP contribution < -0.4 is 0 Å². The van der Waals surface area contributed by atoms with E-state index >= 15 is 0 Å². The molecule has 0 aromatic rings. The molecule has 1 aliphatic carbocycles. The molecule has 2 heterocycles. The lowest BCUT2D eigenvalue weighted by Gasteiger charge is -2.50. The van der Waals surface area contributed by atoms with Gasteiger partial charge in [-0.2, -0.15) is 0 Å². The summed E-state index contributed by atoms with van der Waals surface area (Å²) in [6.45, 7) is 5.57. The third kappa shape index (κ3) is 47.7. The number of phosphoric ester groups is 1. The fraction of sp³-hybridized carbons (Fsp3) is 0.931. The molecule has 0 aromatic heterocycles.